The maximum Gasteiger partial charge on any atom is 0.0364 e. The van der Waals surface area contributed by atoms with Gasteiger partial charge in [0, 0.05) is 25.8 Å². The standard InChI is InChI=1S/C18H32N2/c1-7-13-19-17(11-12-18(2,3)4)15-9-8-10-16(14-15)20(5)6/h8-10,14,17,19H,7,11-13H2,1-6H3. The third-order valence-electron chi connectivity index (χ3n) is 3.61. The maximum absolute atomic E-state index is 3.71. The van der Waals surface area contributed by atoms with Crippen LogP contribution >= 0.6 is 0 Å². The lowest BCUT2D eigenvalue weighted by Crippen LogP contribution is -2.24. The molecule has 0 aliphatic carbocycles. The van der Waals surface area contributed by atoms with Gasteiger partial charge in [-0.05, 0) is 48.9 Å². The van der Waals surface area contributed by atoms with Crippen molar-refractivity contribution in [3.8, 4) is 0 Å². The molecule has 0 aliphatic rings. The molecule has 114 valence electrons. The minimum atomic E-state index is 0.394. The van der Waals surface area contributed by atoms with Crippen LogP contribution in [0.3, 0.4) is 0 Å². The number of benzene rings is 1. The molecule has 20 heavy (non-hydrogen) atoms. The van der Waals surface area contributed by atoms with Crippen molar-refractivity contribution in [1.29, 1.82) is 0 Å². The van der Waals surface area contributed by atoms with Gasteiger partial charge >= 0.3 is 0 Å². The molecule has 0 aliphatic heterocycles. The number of nitrogens with one attached hydrogen (secondary N) is 1. The highest BCUT2D eigenvalue weighted by Crippen LogP contribution is 2.28. The molecule has 0 saturated heterocycles. The Labute approximate surface area is 125 Å². The van der Waals surface area contributed by atoms with Crippen molar-refractivity contribution in [3.63, 3.8) is 0 Å². The lowest BCUT2D eigenvalue weighted by molar-refractivity contribution is 0.332. The molecule has 0 saturated carbocycles. The Morgan fingerprint density at radius 3 is 2.45 bits per heavy atom. The molecular weight excluding hydrogens is 244 g/mol. The van der Waals surface area contributed by atoms with Crippen LogP contribution in [0.1, 0.15) is 58.6 Å². The summed E-state index contributed by atoms with van der Waals surface area (Å²) in [5, 5.41) is 3.71. The molecule has 2 nitrogen and oxygen atoms in total. The minimum absolute atomic E-state index is 0.394. The van der Waals surface area contributed by atoms with Crippen molar-refractivity contribution < 1.29 is 0 Å². The van der Waals surface area contributed by atoms with E-state index in [1.165, 1.54) is 30.5 Å². The molecular formula is C18H32N2. The third-order valence-corrected chi connectivity index (χ3v) is 3.61. The van der Waals surface area contributed by atoms with Gasteiger partial charge in [0.25, 0.3) is 0 Å². The van der Waals surface area contributed by atoms with Crippen LogP contribution in [0.25, 0.3) is 0 Å². The van der Waals surface area contributed by atoms with Crippen LogP contribution in [-0.2, 0) is 0 Å². The zero-order valence-corrected chi connectivity index (χ0v) is 14.2. The van der Waals surface area contributed by atoms with E-state index in [4.69, 9.17) is 0 Å². The van der Waals surface area contributed by atoms with Crippen molar-refractivity contribution in [3.05, 3.63) is 29.8 Å². The molecule has 1 N–H and O–H groups in total. The number of hydrogen-bond donors (Lipinski definition) is 1. The Balaban J connectivity index is 2.83. The lowest BCUT2D eigenvalue weighted by Gasteiger charge is -2.25. The molecule has 0 bridgehead atoms. The summed E-state index contributed by atoms with van der Waals surface area (Å²) in [7, 11) is 4.20. The predicted molar refractivity (Wildman–Crippen MR) is 90.5 cm³/mol. The number of hydrogen-bond acceptors (Lipinski definition) is 2. The van der Waals surface area contributed by atoms with Gasteiger partial charge in [0.05, 0.1) is 0 Å². The van der Waals surface area contributed by atoms with Crippen LogP contribution in [0.15, 0.2) is 24.3 Å². The second-order valence-corrected chi connectivity index (χ2v) is 7.10. The van der Waals surface area contributed by atoms with E-state index in [0.29, 0.717) is 11.5 Å². The lowest BCUT2D eigenvalue weighted by atomic mass is 9.87. The molecule has 0 radical (unpaired) electrons. The highest BCUT2D eigenvalue weighted by molar-refractivity contribution is 5.47. The molecule has 1 rings (SSSR count). The molecule has 0 amide bonds. The van der Waals surface area contributed by atoms with Gasteiger partial charge in [0.1, 0.15) is 0 Å². The Morgan fingerprint density at radius 1 is 1.20 bits per heavy atom. The molecule has 0 spiro atoms. The molecule has 0 heterocycles. The largest absolute Gasteiger partial charge is 0.378 e. The van der Waals surface area contributed by atoms with Gasteiger partial charge < -0.3 is 10.2 Å². The second kappa shape index (κ2) is 7.68. The number of rotatable bonds is 7. The summed E-state index contributed by atoms with van der Waals surface area (Å²) in [6.07, 6.45) is 3.61. The average molecular weight is 276 g/mol. The van der Waals surface area contributed by atoms with E-state index in [0.717, 1.165) is 6.54 Å². The quantitative estimate of drug-likeness (QED) is 0.781. The minimum Gasteiger partial charge on any atom is -0.378 e. The Kier molecular flexibility index (Phi) is 6.54. The monoisotopic (exact) mass is 276 g/mol. The summed E-state index contributed by atoms with van der Waals surface area (Å²) in [6.45, 7) is 10.3. The first-order valence-electron chi connectivity index (χ1n) is 7.84. The first-order chi connectivity index (χ1) is 9.33. The van der Waals surface area contributed by atoms with E-state index in [-0.39, 0.29) is 0 Å². The van der Waals surface area contributed by atoms with Crippen LogP contribution in [0.4, 0.5) is 5.69 Å². The van der Waals surface area contributed by atoms with Crippen molar-refractivity contribution in [2.24, 2.45) is 5.41 Å². The first-order valence-corrected chi connectivity index (χ1v) is 7.84. The topological polar surface area (TPSA) is 15.3 Å². The number of anilines is 1. The van der Waals surface area contributed by atoms with Gasteiger partial charge in [0.2, 0.25) is 0 Å². The fourth-order valence-electron chi connectivity index (χ4n) is 2.30. The van der Waals surface area contributed by atoms with Gasteiger partial charge in [-0.25, -0.2) is 0 Å². The first kappa shape index (κ1) is 17.0. The SMILES string of the molecule is CCCNC(CCC(C)(C)C)c1cccc(N(C)C)c1. The van der Waals surface area contributed by atoms with E-state index >= 15 is 0 Å². The molecule has 1 unspecified atom stereocenters. The van der Waals surface area contributed by atoms with Gasteiger partial charge in [-0.1, -0.05) is 39.8 Å². The fraction of sp³-hybridized carbons (Fsp3) is 0.667. The Hall–Kier alpha value is -1.02. The van der Waals surface area contributed by atoms with Crippen LogP contribution in [0, 0.1) is 5.41 Å². The van der Waals surface area contributed by atoms with E-state index in [9.17, 15) is 0 Å². The van der Waals surface area contributed by atoms with E-state index in [2.05, 4.69) is 76.3 Å². The van der Waals surface area contributed by atoms with Crippen molar-refractivity contribution in [2.45, 2.75) is 53.0 Å². The summed E-state index contributed by atoms with van der Waals surface area (Å²) < 4.78 is 0. The summed E-state index contributed by atoms with van der Waals surface area (Å²) in [5.41, 5.74) is 3.08. The highest BCUT2D eigenvalue weighted by Gasteiger charge is 2.16. The molecule has 0 aromatic heterocycles. The summed E-state index contributed by atoms with van der Waals surface area (Å²) in [5.74, 6) is 0. The van der Waals surface area contributed by atoms with Crippen LogP contribution in [0.5, 0.6) is 0 Å². The zero-order valence-electron chi connectivity index (χ0n) is 14.2. The highest BCUT2D eigenvalue weighted by atomic mass is 15.1. The Bertz CT molecular complexity index is 391. The van der Waals surface area contributed by atoms with Crippen LogP contribution in [0.2, 0.25) is 0 Å². The average Bonchev–Trinajstić information content (AvgIpc) is 2.38. The van der Waals surface area contributed by atoms with Gasteiger partial charge in [0.15, 0.2) is 0 Å². The van der Waals surface area contributed by atoms with Gasteiger partial charge in [-0.15, -0.1) is 0 Å². The predicted octanol–water partition coefficient (Wildman–Crippen LogP) is 4.62. The van der Waals surface area contributed by atoms with E-state index < -0.39 is 0 Å². The van der Waals surface area contributed by atoms with E-state index in [1.807, 2.05) is 0 Å². The van der Waals surface area contributed by atoms with E-state index in [1.54, 1.807) is 0 Å². The normalized spacial score (nSPS) is 13.3. The zero-order chi connectivity index (χ0) is 15.2. The summed E-state index contributed by atoms with van der Waals surface area (Å²) >= 11 is 0. The van der Waals surface area contributed by atoms with Gasteiger partial charge in [-0.3, -0.25) is 0 Å². The fourth-order valence-corrected chi connectivity index (χ4v) is 2.30. The number of nitrogens with zero attached hydrogens (tertiary/aromatic N) is 1. The van der Waals surface area contributed by atoms with Crippen molar-refractivity contribution in [2.75, 3.05) is 25.5 Å². The molecule has 1 aromatic carbocycles. The second-order valence-electron chi connectivity index (χ2n) is 7.10. The summed E-state index contributed by atoms with van der Waals surface area (Å²) in [4.78, 5) is 2.17. The van der Waals surface area contributed by atoms with Crippen LogP contribution in [-0.4, -0.2) is 20.6 Å². The van der Waals surface area contributed by atoms with Crippen molar-refractivity contribution in [1.82, 2.24) is 5.32 Å². The molecule has 2 heteroatoms. The van der Waals surface area contributed by atoms with Crippen LogP contribution < -0.4 is 10.2 Å². The summed E-state index contributed by atoms with van der Waals surface area (Å²) in [6, 6.07) is 9.37. The molecule has 1 aromatic rings. The third kappa shape index (κ3) is 5.96. The molecule has 0 fully saturated rings. The maximum atomic E-state index is 3.71. The Morgan fingerprint density at radius 2 is 1.90 bits per heavy atom. The van der Waals surface area contributed by atoms with Gasteiger partial charge in [-0.2, -0.15) is 0 Å². The molecule has 1 atom stereocenters. The van der Waals surface area contributed by atoms with Crippen molar-refractivity contribution >= 4 is 5.69 Å². The smallest absolute Gasteiger partial charge is 0.0364 e.